The summed E-state index contributed by atoms with van der Waals surface area (Å²) in [6.45, 7) is 6.47. The second-order valence-corrected chi connectivity index (χ2v) is 13.1. The zero-order chi connectivity index (χ0) is 30.8. The first-order chi connectivity index (χ1) is 21.2. The average molecular weight is 664 g/mol. The molecule has 0 radical (unpaired) electrons. The average Bonchev–Trinajstić information content (AvgIpc) is 3.02. The summed E-state index contributed by atoms with van der Waals surface area (Å²) in [5, 5.41) is 10.2. The Morgan fingerprint density at radius 3 is 2.50 bits per heavy atom. The largest absolute Gasteiger partial charge is 0.379 e. The van der Waals surface area contributed by atoms with Gasteiger partial charge >= 0.3 is 0 Å². The van der Waals surface area contributed by atoms with E-state index < -0.39 is 0 Å². The number of pyridine rings is 1. The Morgan fingerprint density at radius 2 is 1.75 bits per heavy atom. The maximum absolute atomic E-state index is 12.3. The number of nitrogens with zero attached hydrogens (tertiary/aromatic N) is 6. The molecule has 3 aromatic rings. The number of rotatable bonds is 7. The smallest absolute Gasteiger partial charge is 0.282 e. The normalized spacial score (nSPS) is 23.4. The first kappa shape index (κ1) is 30.4. The number of amides is 2. The monoisotopic (exact) mass is 662 g/mol. The number of hydrogen-bond donors (Lipinski definition) is 2. The molecule has 2 N–H and O–H groups in total. The van der Waals surface area contributed by atoms with E-state index in [1.165, 1.54) is 15.8 Å². The molecule has 3 fully saturated rings. The van der Waals surface area contributed by atoms with Crippen molar-refractivity contribution in [1.82, 2.24) is 29.9 Å². The molecular formula is C32H39BrN8O3. The predicted octanol–water partition coefficient (Wildman–Crippen LogP) is 2.68. The molecule has 1 aromatic carbocycles. The van der Waals surface area contributed by atoms with Crippen molar-refractivity contribution in [1.29, 1.82) is 0 Å². The number of carbonyl (C=O) groups excluding carboxylic acids is 2. The maximum Gasteiger partial charge on any atom is 0.282 e. The number of aromatic nitrogens is 3. The number of carbonyl (C=O) groups is 2. The van der Waals surface area contributed by atoms with Crippen LogP contribution in [0.1, 0.15) is 47.8 Å². The van der Waals surface area contributed by atoms with Gasteiger partial charge in [0.05, 0.1) is 29.7 Å². The van der Waals surface area contributed by atoms with Crippen molar-refractivity contribution < 1.29 is 9.59 Å². The molecule has 2 aromatic heterocycles. The van der Waals surface area contributed by atoms with E-state index in [-0.39, 0.29) is 29.3 Å². The van der Waals surface area contributed by atoms with Gasteiger partial charge in [0.1, 0.15) is 4.47 Å². The minimum absolute atomic E-state index is 0.149. The van der Waals surface area contributed by atoms with Crippen molar-refractivity contribution in [3.8, 4) is 0 Å². The van der Waals surface area contributed by atoms with E-state index in [0.717, 1.165) is 69.2 Å². The first-order valence-electron chi connectivity index (χ1n) is 15.2. The van der Waals surface area contributed by atoms with Gasteiger partial charge in [0.2, 0.25) is 11.8 Å². The van der Waals surface area contributed by atoms with Gasteiger partial charge in [0.25, 0.3) is 5.56 Å². The molecule has 3 aliphatic heterocycles. The van der Waals surface area contributed by atoms with Gasteiger partial charge in [-0.05, 0) is 64.5 Å². The van der Waals surface area contributed by atoms with Gasteiger partial charge in [0.15, 0.2) is 0 Å². The molecule has 12 heteroatoms. The molecule has 11 nitrogen and oxygen atoms in total. The van der Waals surface area contributed by atoms with E-state index in [0.29, 0.717) is 23.2 Å². The lowest BCUT2D eigenvalue weighted by molar-refractivity contribution is -0.134. The fourth-order valence-electron chi connectivity index (χ4n) is 6.63. The minimum atomic E-state index is -0.320. The molecule has 3 aliphatic rings. The molecule has 6 rings (SSSR count). The lowest BCUT2D eigenvalue weighted by atomic mass is 9.87. The van der Waals surface area contributed by atoms with Crippen LogP contribution < -0.4 is 21.1 Å². The standard InChI is InChI=1S/C32H39BrN8O3/c1-38-19-24(13-25(20-38)36-28-17-35-39(2)32(44)30(28)33)22-5-3-21(4-6-22)18-40-9-11-41(12-10-40)26-14-23(15-34-16-26)27-7-8-29(42)37-31(27)43/h3-6,14-17,24-25,27,36H,7-13,18-20H2,1-2H3,(H,37,42,43)/t24-,25+,27?/m0/s1. The van der Waals surface area contributed by atoms with Gasteiger partial charge < -0.3 is 15.1 Å². The number of halogens is 1. The topological polar surface area (TPSA) is 116 Å². The van der Waals surface area contributed by atoms with Crippen molar-refractivity contribution in [2.45, 2.75) is 43.7 Å². The number of hydrogen-bond acceptors (Lipinski definition) is 9. The van der Waals surface area contributed by atoms with E-state index in [1.807, 2.05) is 6.20 Å². The molecule has 5 heterocycles. The summed E-state index contributed by atoms with van der Waals surface area (Å²) in [6.07, 6.45) is 7.19. The zero-order valence-corrected chi connectivity index (χ0v) is 26.8. The van der Waals surface area contributed by atoms with Crippen LogP contribution in [0.2, 0.25) is 0 Å². The highest BCUT2D eigenvalue weighted by molar-refractivity contribution is 9.10. The number of likely N-dealkylation sites (tertiary alicyclic amines) is 1. The second-order valence-electron chi connectivity index (χ2n) is 12.3. The van der Waals surface area contributed by atoms with Crippen LogP contribution in [0.25, 0.3) is 0 Å². The SMILES string of the molecule is CN1C[C@H](Nc2cnn(C)c(=O)c2Br)C[C@H](c2ccc(CN3CCN(c4cncc(C5CCC(=O)NC5=O)c4)CC3)cc2)C1. The van der Waals surface area contributed by atoms with E-state index in [1.54, 1.807) is 19.4 Å². The summed E-state index contributed by atoms with van der Waals surface area (Å²) in [6, 6.07) is 11.3. The third kappa shape index (κ3) is 6.87. The molecule has 44 heavy (non-hydrogen) atoms. The van der Waals surface area contributed by atoms with Crippen LogP contribution in [0.15, 0.2) is 58.2 Å². The number of anilines is 2. The van der Waals surface area contributed by atoms with Crippen molar-refractivity contribution in [2.75, 3.05) is 56.5 Å². The summed E-state index contributed by atoms with van der Waals surface area (Å²) in [4.78, 5) is 47.8. The Hall–Kier alpha value is -3.61. The highest BCUT2D eigenvalue weighted by Crippen LogP contribution is 2.30. The number of aryl methyl sites for hydroxylation is 1. The van der Waals surface area contributed by atoms with Crippen molar-refractivity contribution >= 4 is 39.1 Å². The van der Waals surface area contributed by atoms with Crippen molar-refractivity contribution in [3.63, 3.8) is 0 Å². The number of benzene rings is 1. The van der Waals surface area contributed by atoms with Gasteiger partial charge in [-0.1, -0.05) is 24.3 Å². The Morgan fingerprint density at radius 1 is 0.977 bits per heavy atom. The van der Waals surface area contributed by atoms with Crippen LogP contribution in [0.3, 0.4) is 0 Å². The minimum Gasteiger partial charge on any atom is -0.379 e. The van der Waals surface area contributed by atoms with Crippen LogP contribution in [0, 0.1) is 0 Å². The molecule has 2 amide bonds. The van der Waals surface area contributed by atoms with Crippen LogP contribution >= 0.6 is 15.9 Å². The van der Waals surface area contributed by atoms with Gasteiger partial charge in [-0.15, -0.1) is 0 Å². The van der Waals surface area contributed by atoms with Gasteiger partial charge in [-0.2, -0.15) is 5.10 Å². The van der Waals surface area contributed by atoms with Crippen LogP contribution in [-0.4, -0.2) is 88.7 Å². The fraction of sp³-hybridized carbons (Fsp3) is 0.469. The Balaban J connectivity index is 1.02. The molecule has 0 aliphatic carbocycles. The number of piperidine rings is 2. The highest BCUT2D eigenvalue weighted by Gasteiger charge is 2.30. The maximum atomic E-state index is 12.3. The quantitative estimate of drug-likeness (QED) is 0.369. The molecule has 0 spiro atoms. The number of nitrogens with one attached hydrogen (secondary N) is 2. The number of imide groups is 1. The summed E-state index contributed by atoms with van der Waals surface area (Å²) in [5.41, 5.74) is 5.13. The highest BCUT2D eigenvalue weighted by atomic mass is 79.9. The molecule has 3 saturated heterocycles. The first-order valence-corrected chi connectivity index (χ1v) is 16.0. The van der Waals surface area contributed by atoms with Crippen LogP contribution in [0.5, 0.6) is 0 Å². The van der Waals surface area contributed by atoms with Gasteiger partial charge in [-0.25, -0.2) is 4.68 Å². The Kier molecular flexibility index (Phi) is 9.11. The molecule has 232 valence electrons. The molecule has 0 saturated carbocycles. The Labute approximate surface area is 265 Å². The number of piperazine rings is 1. The van der Waals surface area contributed by atoms with E-state index in [4.69, 9.17) is 0 Å². The second kappa shape index (κ2) is 13.2. The summed E-state index contributed by atoms with van der Waals surface area (Å²) >= 11 is 3.44. The van der Waals surface area contributed by atoms with Crippen molar-refractivity contribution in [3.05, 3.63) is 80.4 Å². The van der Waals surface area contributed by atoms with Gasteiger partial charge in [-0.3, -0.25) is 29.6 Å². The summed E-state index contributed by atoms with van der Waals surface area (Å²) < 4.78 is 1.84. The van der Waals surface area contributed by atoms with E-state index in [2.05, 4.69) is 88.7 Å². The third-order valence-electron chi connectivity index (χ3n) is 9.05. The Bertz CT molecular complexity index is 1570. The summed E-state index contributed by atoms with van der Waals surface area (Å²) in [7, 11) is 3.79. The van der Waals surface area contributed by atoms with Crippen LogP contribution in [0.4, 0.5) is 11.4 Å². The van der Waals surface area contributed by atoms with E-state index >= 15 is 0 Å². The lowest BCUT2D eigenvalue weighted by Gasteiger charge is -2.37. The predicted molar refractivity (Wildman–Crippen MR) is 173 cm³/mol. The zero-order valence-electron chi connectivity index (χ0n) is 25.2. The molecular weight excluding hydrogens is 624 g/mol. The molecule has 0 bridgehead atoms. The van der Waals surface area contributed by atoms with Gasteiger partial charge in [0, 0.05) is 71.5 Å². The van der Waals surface area contributed by atoms with Crippen LogP contribution in [-0.2, 0) is 23.2 Å². The molecule has 1 unspecified atom stereocenters. The fourth-order valence-corrected chi connectivity index (χ4v) is 7.11. The number of likely N-dealkylation sites (N-methyl/N-ethyl adjacent to an activating group) is 1. The summed E-state index contributed by atoms with van der Waals surface area (Å²) in [5.74, 6) is -0.352. The third-order valence-corrected chi connectivity index (χ3v) is 9.82. The lowest BCUT2D eigenvalue weighted by Crippen LogP contribution is -2.46. The van der Waals surface area contributed by atoms with E-state index in [9.17, 15) is 14.4 Å². The molecule has 3 atom stereocenters. The van der Waals surface area contributed by atoms with Crippen molar-refractivity contribution in [2.24, 2.45) is 7.05 Å².